The van der Waals surface area contributed by atoms with Crippen LogP contribution in [-0.4, -0.2) is 34.3 Å². The number of piperidine rings is 1. The fourth-order valence-electron chi connectivity index (χ4n) is 3.23. The van der Waals surface area contributed by atoms with Gasteiger partial charge in [0.1, 0.15) is 6.61 Å². The molecule has 3 rings (SSSR count). The van der Waals surface area contributed by atoms with E-state index in [1.165, 1.54) is 0 Å². The molecule has 1 aliphatic carbocycles. The lowest BCUT2D eigenvalue weighted by molar-refractivity contribution is -0.0165. The van der Waals surface area contributed by atoms with E-state index in [1.54, 1.807) is 4.90 Å². The largest absolute Gasteiger partial charge is 0.445 e. The van der Waals surface area contributed by atoms with Crippen LogP contribution in [0.1, 0.15) is 25.3 Å². The normalized spacial score (nSPS) is 32.6. The summed E-state index contributed by atoms with van der Waals surface area (Å²) in [4.78, 5) is 13.8. The van der Waals surface area contributed by atoms with Crippen molar-refractivity contribution in [3.63, 3.8) is 0 Å². The number of hydrogen-bond donors (Lipinski definition) is 1. The number of ether oxygens (including phenoxy) is 1. The van der Waals surface area contributed by atoms with E-state index in [1.807, 2.05) is 37.3 Å². The van der Waals surface area contributed by atoms with Gasteiger partial charge in [-0.2, -0.15) is 0 Å². The van der Waals surface area contributed by atoms with Crippen LogP contribution in [0.3, 0.4) is 0 Å². The van der Waals surface area contributed by atoms with Crippen LogP contribution < -0.4 is 0 Å². The minimum absolute atomic E-state index is 0.142. The molecule has 0 spiro atoms. The molecule has 2 bridgehead atoms. The van der Waals surface area contributed by atoms with Crippen molar-refractivity contribution < 1.29 is 14.6 Å². The van der Waals surface area contributed by atoms with Gasteiger partial charge in [-0.1, -0.05) is 30.3 Å². The maximum atomic E-state index is 12.0. The van der Waals surface area contributed by atoms with Crippen LogP contribution in [0.4, 0.5) is 4.79 Å². The van der Waals surface area contributed by atoms with Crippen molar-refractivity contribution in [1.29, 1.82) is 0 Å². The summed E-state index contributed by atoms with van der Waals surface area (Å²) in [6.07, 6.45) is 1.30. The van der Waals surface area contributed by atoms with E-state index in [4.69, 9.17) is 4.74 Å². The molecule has 0 radical (unpaired) electrons. The monoisotopic (exact) mass is 261 g/mol. The third-order valence-electron chi connectivity index (χ3n) is 4.38. The Labute approximate surface area is 113 Å². The van der Waals surface area contributed by atoms with Crippen LogP contribution >= 0.6 is 0 Å². The number of nitrogens with zero attached hydrogens (tertiary/aromatic N) is 1. The lowest BCUT2D eigenvalue weighted by atomic mass is 9.92. The van der Waals surface area contributed by atoms with Gasteiger partial charge in [0.05, 0.1) is 5.60 Å². The Morgan fingerprint density at radius 1 is 1.47 bits per heavy atom. The van der Waals surface area contributed by atoms with Gasteiger partial charge in [-0.25, -0.2) is 4.79 Å². The van der Waals surface area contributed by atoms with Gasteiger partial charge in [-0.05, 0) is 25.3 Å². The number of carbonyl (C=O) groups excluding carboxylic acids is 1. The highest BCUT2D eigenvalue weighted by Gasteiger charge is 2.52. The second kappa shape index (κ2) is 4.53. The Hall–Kier alpha value is -1.55. The number of likely N-dealkylation sites (tertiary alicyclic amines) is 1. The van der Waals surface area contributed by atoms with Gasteiger partial charge in [0.2, 0.25) is 0 Å². The molecule has 1 aromatic carbocycles. The molecule has 3 atom stereocenters. The molecule has 4 nitrogen and oxygen atoms in total. The van der Waals surface area contributed by atoms with Gasteiger partial charge in [-0.3, -0.25) is 0 Å². The second-order valence-corrected chi connectivity index (χ2v) is 5.84. The van der Waals surface area contributed by atoms with E-state index in [2.05, 4.69) is 0 Å². The molecule has 1 amide bonds. The number of rotatable bonds is 2. The molecule has 1 N–H and O–H groups in total. The van der Waals surface area contributed by atoms with Crippen LogP contribution in [-0.2, 0) is 11.3 Å². The lowest BCUT2D eigenvalue weighted by Crippen LogP contribution is -2.46. The van der Waals surface area contributed by atoms with Crippen LogP contribution in [0.5, 0.6) is 0 Å². The van der Waals surface area contributed by atoms with Crippen molar-refractivity contribution >= 4 is 6.09 Å². The zero-order valence-corrected chi connectivity index (χ0v) is 11.1. The topological polar surface area (TPSA) is 49.8 Å². The van der Waals surface area contributed by atoms with Crippen LogP contribution in [0.15, 0.2) is 30.3 Å². The number of aliphatic hydroxyl groups is 1. The fourth-order valence-corrected chi connectivity index (χ4v) is 3.23. The van der Waals surface area contributed by atoms with Crippen molar-refractivity contribution in [3.8, 4) is 0 Å². The quantitative estimate of drug-likeness (QED) is 0.887. The van der Waals surface area contributed by atoms with Gasteiger partial charge >= 0.3 is 6.09 Å². The third kappa shape index (κ3) is 2.32. The highest BCUT2D eigenvalue weighted by atomic mass is 16.6. The lowest BCUT2D eigenvalue weighted by Gasteiger charge is -2.34. The third-order valence-corrected chi connectivity index (χ3v) is 4.38. The van der Waals surface area contributed by atoms with Crippen LogP contribution in [0.2, 0.25) is 0 Å². The average Bonchev–Trinajstić information content (AvgIpc) is 2.93. The van der Waals surface area contributed by atoms with Crippen LogP contribution in [0, 0.1) is 5.92 Å². The van der Waals surface area contributed by atoms with E-state index in [-0.39, 0.29) is 18.1 Å². The first-order chi connectivity index (χ1) is 9.06. The predicted octanol–water partition coefficient (Wildman–Crippen LogP) is 2.17. The molecule has 1 saturated heterocycles. The molecule has 1 heterocycles. The van der Waals surface area contributed by atoms with E-state index < -0.39 is 5.60 Å². The van der Waals surface area contributed by atoms with E-state index in [0.717, 1.165) is 12.0 Å². The minimum atomic E-state index is -0.610. The summed E-state index contributed by atoms with van der Waals surface area (Å²) in [7, 11) is 0. The molecule has 19 heavy (non-hydrogen) atoms. The zero-order valence-electron chi connectivity index (χ0n) is 11.1. The zero-order chi connectivity index (χ0) is 13.5. The maximum absolute atomic E-state index is 12.0. The molecular weight excluding hydrogens is 242 g/mol. The van der Waals surface area contributed by atoms with E-state index in [9.17, 15) is 9.90 Å². The van der Waals surface area contributed by atoms with E-state index in [0.29, 0.717) is 19.6 Å². The first-order valence-corrected chi connectivity index (χ1v) is 6.76. The highest BCUT2D eigenvalue weighted by molar-refractivity contribution is 5.69. The summed E-state index contributed by atoms with van der Waals surface area (Å²) in [5.41, 5.74) is 0.383. The Kier molecular flexibility index (Phi) is 2.97. The molecule has 2 fully saturated rings. The summed E-state index contributed by atoms with van der Waals surface area (Å²) in [6.45, 7) is 2.79. The summed E-state index contributed by atoms with van der Waals surface area (Å²) >= 11 is 0. The average molecular weight is 261 g/mol. The molecule has 0 unspecified atom stereocenters. The van der Waals surface area contributed by atoms with Crippen molar-refractivity contribution in [2.24, 2.45) is 5.92 Å². The fraction of sp³-hybridized carbons (Fsp3) is 0.533. The second-order valence-electron chi connectivity index (χ2n) is 5.84. The number of benzene rings is 1. The van der Waals surface area contributed by atoms with Crippen molar-refractivity contribution in [1.82, 2.24) is 4.90 Å². The molecule has 0 aromatic heterocycles. The van der Waals surface area contributed by atoms with Gasteiger partial charge in [0, 0.05) is 18.5 Å². The standard InChI is InChI=1S/C15H19NO3/c1-15(18)8-13-7-12(15)9-16(13)14(17)19-10-11-5-3-2-4-6-11/h2-6,12-13,18H,7-10H2,1H3/t12-,13-,15-/m1/s1. The van der Waals surface area contributed by atoms with Crippen molar-refractivity contribution in [3.05, 3.63) is 35.9 Å². The number of hydrogen-bond acceptors (Lipinski definition) is 3. The molecule has 2 aliphatic rings. The predicted molar refractivity (Wildman–Crippen MR) is 70.5 cm³/mol. The van der Waals surface area contributed by atoms with Crippen LogP contribution in [0.25, 0.3) is 0 Å². The maximum Gasteiger partial charge on any atom is 0.410 e. The Morgan fingerprint density at radius 2 is 2.21 bits per heavy atom. The molecule has 1 aromatic rings. The van der Waals surface area contributed by atoms with Crippen molar-refractivity contribution in [2.45, 2.75) is 38.0 Å². The Balaban J connectivity index is 1.56. The van der Waals surface area contributed by atoms with E-state index >= 15 is 0 Å². The number of amides is 1. The molecule has 102 valence electrons. The summed E-state index contributed by atoms with van der Waals surface area (Å²) in [5, 5.41) is 10.1. The SMILES string of the molecule is C[C@@]1(O)C[C@H]2C[C@@H]1CN2C(=O)OCc1ccccc1. The first-order valence-electron chi connectivity index (χ1n) is 6.76. The summed E-state index contributed by atoms with van der Waals surface area (Å²) < 4.78 is 5.34. The van der Waals surface area contributed by atoms with Crippen molar-refractivity contribution in [2.75, 3.05) is 6.54 Å². The summed E-state index contributed by atoms with van der Waals surface area (Å²) in [6, 6.07) is 9.81. The number of fused-ring (bicyclic) bond motifs is 2. The Bertz CT molecular complexity index is 472. The molecule has 1 aliphatic heterocycles. The van der Waals surface area contributed by atoms with Gasteiger partial charge < -0.3 is 14.7 Å². The van der Waals surface area contributed by atoms with Gasteiger partial charge in [0.15, 0.2) is 0 Å². The minimum Gasteiger partial charge on any atom is -0.445 e. The summed E-state index contributed by atoms with van der Waals surface area (Å²) in [5.74, 6) is 0.196. The Morgan fingerprint density at radius 3 is 2.79 bits per heavy atom. The number of carbonyl (C=O) groups is 1. The first kappa shape index (κ1) is 12.5. The van der Waals surface area contributed by atoms with Gasteiger partial charge in [0.25, 0.3) is 0 Å². The smallest absolute Gasteiger partial charge is 0.410 e. The van der Waals surface area contributed by atoms with Gasteiger partial charge in [-0.15, -0.1) is 0 Å². The molecular formula is C15H19NO3. The molecule has 1 saturated carbocycles. The molecule has 4 heteroatoms. The highest BCUT2D eigenvalue weighted by Crippen LogP contribution is 2.44.